The lowest BCUT2D eigenvalue weighted by Crippen LogP contribution is -2.44. The number of halogens is 4. The number of aromatic nitrogens is 3. The quantitative estimate of drug-likeness (QED) is 0.632. The molecule has 1 heterocycles. The van der Waals surface area contributed by atoms with Gasteiger partial charge >= 0.3 is 6.18 Å². The molecule has 1 aromatic heterocycles. The second-order valence-electron chi connectivity index (χ2n) is 5.06. The number of hydrogen-bond donors (Lipinski definition) is 4. The minimum absolute atomic E-state index is 0. The summed E-state index contributed by atoms with van der Waals surface area (Å²) in [6.07, 6.45) is -3.97. The Kier molecular flexibility index (Phi) is 6.15. The van der Waals surface area contributed by atoms with Gasteiger partial charge in [-0.25, -0.2) is 4.98 Å². The number of carbonyl (C=O) groups is 1. The zero-order valence-corrected chi connectivity index (χ0v) is 12.2. The number of nitrogens with one attached hydrogen (secondary N) is 2. The van der Waals surface area contributed by atoms with Gasteiger partial charge in [0, 0.05) is 12.0 Å². The van der Waals surface area contributed by atoms with Crippen LogP contribution in [0.25, 0.3) is 0 Å². The normalized spacial score (nSPS) is 25.4. The molecule has 0 saturated heterocycles. The Hall–Kier alpha value is -1.39. The molecule has 0 aromatic carbocycles. The van der Waals surface area contributed by atoms with Crippen LogP contribution in [0.5, 0.6) is 0 Å². The number of aliphatic hydroxyl groups is 1. The van der Waals surface area contributed by atoms with Crippen molar-refractivity contribution in [3.05, 3.63) is 11.6 Å². The molecule has 5 N–H and O–H groups in total. The molecule has 11 heteroatoms. The molecule has 1 aliphatic carbocycles. The molecule has 0 radical (unpaired) electrons. The number of aromatic amines is 1. The molecule has 2 rings (SSSR count). The molecule has 126 valence electrons. The van der Waals surface area contributed by atoms with Crippen molar-refractivity contribution in [3.63, 3.8) is 0 Å². The van der Waals surface area contributed by atoms with Crippen LogP contribution >= 0.6 is 12.4 Å². The standard InChI is InChI=1S/C11H16F3N5O2.ClH/c12-11(13,14)10-17-8(18-19-10)4-16-9(21)5-1-2-7(20)6(15)3-5;/h5-7,20H,1-4,15H2,(H,16,21)(H,17,18,19);1H/t5-,6+,7+;/m0./s1. The van der Waals surface area contributed by atoms with E-state index in [0.29, 0.717) is 19.3 Å². The van der Waals surface area contributed by atoms with E-state index >= 15 is 0 Å². The number of alkyl halides is 3. The SMILES string of the molecule is Cl.N[C@@H]1C[C@@H](C(=O)NCc2nc(C(F)(F)F)n[nH]2)CC[C@H]1O. The fourth-order valence-corrected chi connectivity index (χ4v) is 2.24. The van der Waals surface area contributed by atoms with E-state index in [1.165, 1.54) is 0 Å². The van der Waals surface area contributed by atoms with Crippen LogP contribution < -0.4 is 11.1 Å². The van der Waals surface area contributed by atoms with Gasteiger partial charge in [-0.1, -0.05) is 0 Å². The largest absolute Gasteiger partial charge is 0.453 e. The van der Waals surface area contributed by atoms with Crippen molar-refractivity contribution in [3.8, 4) is 0 Å². The Labute approximate surface area is 130 Å². The molecule has 1 aromatic rings. The van der Waals surface area contributed by atoms with Crippen molar-refractivity contribution in [1.29, 1.82) is 0 Å². The van der Waals surface area contributed by atoms with E-state index in [1.54, 1.807) is 0 Å². The van der Waals surface area contributed by atoms with Crippen molar-refractivity contribution in [2.24, 2.45) is 11.7 Å². The van der Waals surface area contributed by atoms with Gasteiger partial charge in [0.2, 0.25) is 5.91 Å². The van der Waals surface area contributed by atoms with E-state index in [9.17, 15) is 23.1 Å². The van der Waals surface area contributed by atoms with Gasteiger partial charge in [0.25, 0.3) is 5.82 Å². The summed E-state index contributed by atoms with van der Waals surface area (Å²) in [7, 11) is 0. The summed E-state index contributed by atoms with van der Waals surface area (Å²) in [5, 5.41) is 17.1. The number of amides is 1. The summed E-state index contributed by atoms with van der Waals surface area (Å²) in [6, 6.07) is -0.461. The first-order valence-corrected chi connectivity index (χ1v) is 6.47. The Bertz CT molecular complexity index is 510. The van der Waals surface area contributed by atoms with Crippen LogP contribution in [0.15, 0.2) is 0 Å². The summed E-state index contributed by atoms with van der Waals surface area (Å²) in [4.78, 5) is 15.1. The van der Waals surface area contributed by atoms with Crippen LogP contribution in [0.2, 0.25) is 0 Å². The van der Waals surface area contributed by atoms with Gasteiger partial charge < -0.3 is 16.2 Å². The van der Waals surface area contributed by atoms with E-state index in [0.717, 1.165) is 0 Å². The van der Waals surface area contributed by atoms with Gasteiger partial charge in [-0.05, 0) is 19.3 Å². The number of nitrogens with zero attached hydrogens (tertiary/aromatic N) is 2. The van der Waals surface area contributed by atoms with Gasteiger partial charge in [-0.2, -0.15) is 13.2 Å². The average Bonchev–Trinajstić information content (AvgIpc) is 2.88. The second-order valence-corrected chi connectivity index (χ2v) is 5.06. The minimum Gasteiger partial charge on any atom is -0.392 e. The van der Waals surface area contributed by atoms with Crippen LogP contribution in [0.1, 0.15) is 30.9 Å². The fourth-order valence-electron chi connectivity index (χ4n) is 2.24. The van der Waals surface area contributed by atoms with E-state index in [-0.39, 0.29) is 36.6 Å². The molecule has 22 heavy (non-hydrogen) atoms. The topological polar surface area (TPSA) is 117 Å². The highest BCUT2D eigenvalue weighted by Crippen LogP contribution is 2.26. The second kappa shape index (κ2) is 7.25. The molecule has 1 fully saturated rings. The van der Waals surface area contributed by atoms with Crippen molar-refractivity contribution >= 4 is 18.3 Å². The summed E-state index contributed by atoms with van der Waals surface area (Å²) >= 11 is 0. The Morgan fingerprint density at radius 3 is 2.68 bits per heavy atom. The van der Waals surface area contributed by atoms with E-state index in [4.69, 9.17) is 5.73 Å². The zero-order valence-electron chi connectivity index (χ0n) is 11.4. The number of nitrogens with two attached hydrogens (primary N) is 1. The van der Waals surface area contributed by atoms with Gasteiger partial charge in [-0.3, -0.25) is 9.89 Å². The smallest absolute Gasteiger partial charge is 0.392 e. The van der Waals surface area contributed by atoms with E-state index in [2.05, 4.69) is 20.5 Å². The van der Waals surface area contributed by atoms with Crippen LogP contribution in [0.3, 0.4) is 0 Å². The summed E-state index contributed by atoms with van der Waals surface area (Å²) in [5.74, 6) is -2.01. The number of aliphatic hydroxyl groups excluding tert-OH is 1. The molecular formula is C11H17ClF3N5O2. The molecule has 0 spiro atoms. The zero-order chi connectivity index (χ0) is 15.6. The summed E-state index contributed by atoms with van der Waals surface area (Å²) < 4.78 is 36.9. The molecule has 0 aliphatic heterocycles. The molecule has 7 nitrogen and oxygen atoms in total. The Balaban J connectivity index is 0.00000242. The number of hydrogen-bond acceptors (Lipinski definition) is 5. The highest BCUT2D eigenvalue weighted by atomic mass is 35.5. The molecule has 1 saturated carbocycles. The fraction of sp³-hybridized carbons (Fsp3) is 0.727. The third kappa shape index (κ3) is 4.55. The van der Waals surface area contributed by atoms with Crippen LogP contribution in [-0.2, 0) is 17.5 Å². The maximum atomic E-state index is 12.3. The van der Waals surface area contributed by atoms with Crippen LogP contribution in [0, 0.1) is 5.92 Å². The van der Waals surface area contributed by atoms with Gasteiger partial charge in [0.05, 0.1) is 12.6 Å². The maximum absolute atomic E-state index is 12.3. The molecule has 0 unspecified atom stereocenters. The maximum Gasteiger partial charge on any atom is 0.453 e. The van der Waals surface area contributed by atoms with Gasteiger partial charge in [0.1, 0.15) is 5.82 Å². The predicted molar refractivity (Wildman–Crippen MR) is 71.8 cm³/mol. The first-order valence-electron chi connectivity index (χ1n) is 6.47. The highest BCUT2D eigenvalue weighted by molar-refractivity contribution is 5.85. The number of H-pyrrole nitrogens is 1. The van der Waals surface area contributed by atoms with Crippen molar-refractivity contribution in [2.75, 3.05) is 0 Å². The first kappa shape index (κ1) is 18.7. The number of carbonyl (C=O) groups excluding carboxylic acids is 1. The lowest BCUT2D eigenvalue weighted by molar-refractivity contribution is -0.144. The van der Waals surface area contributed by atoms with Crippen LogP contribution in [0.4, 0.5) is 13.2 Å². The third-order valence-corrected chi connectivity index (χ3v) is 3.45. The van der Waals surface area contributed by atoms with Crippen molar-refractivity contribution < 1.29 is 23.1 Å². The highest BCUT2D eigenvalue weighted by Gasteiger charge is 2.36. The van der Waals surface area contributed by atoms with Crippen molar-refractivity contribution in [2.45, 2.75) is 44.1 Å². The summed E-state index contributed by atoms with van der Waals surface area (Å²) in [6.45, 7) is -0.170. The monoisotopic (exact) mass is 343 g/mol. The average molecular weight is 344 g/mol. The van der Waals surface area contributed by atoms with Crippen LogP contribution in [-0.4, -0.2) is 38.3 Å². The summed E-state index contributed by atoms with van der Waals surface area (Å²) in [5.41, 5.74) is 5.68. The molecule has 0 bridgehead atoms. The number of rotatable bonds is 3. The van der Waals surface area contributed by atoms with Gasteiger partial charge in [-0.15, -0.1) is 17.5 Å². The Morgan fingerprint density at radius 2 is 2.14 bits per heavy atom. The van der Waals surface area contributed by atoms with E-state index in [1.807, 2.05) is 0 Å². The Morgan fingerprint density at radius 1 is 1.45 bits per heavy atom. The molecule has 1 aliphatic rings. The molecule has 3 atom stereocenters. The predicted octanol–water partition coefficient (Wildman–Crippen LogP) is 0.350. The lowest BCUT2D eigenvalue weighted by Gasteiger charge is -2.29. The molecular weight excluding hydrogens is 327 g/mol. The molecule has 1 amide bonds. The first-order chi connectivity index (χ1) is 9.77. The third-order valence-electron chi connectivity index (χ3n) is 3.45. The minimum atomic E-state index is -4.62. The van der Waals surface area contributed by atoms with E-state index < -0.39 is 24.1 Å². The van der Waals surface area contributed by atoms with Crippen molar-refractivity contribution in [1.82, 2.24) is 20.5 Å². The van der Waals surface area contributed by atoms with Gasteiger partial charge in [0.15, 0.2) is 0 Å². The lowest BCUT2D eigenvalue weighted by atomic mass is 9.84.